The smallest absolute Gasteiger partial charge is 0.220 e. The molecule has 330 valence electrons. The molecule has 7 unspecified atom stereocenters. The lowest BCUT2D eigenvalue weighted by molar-refractivity contribution is -0.302. The van der Waals surface area contributed by atoms with E-state index >= 15 is 0 Å². The molecule has 0 spiro atoms. The van der Waals surface area contributed by atoms with Crippen LogP contribution in [0.1, 0.15) is 213 Å². The number of nitrogens with one attached hydrogen (secondary N) is 1. The summed E-state index contributed by atoms with van der Waals surface area (Å²) in [4.78, 5) is 13.0. The molecule has 1 heterocycles. The maximum atomic E-state index is 13.0. The van der Waals surface area contributed by atoms with Crippen LogP contribution in [-0.4, -0.2) is 87.5 Å². The number of aliphatic hydroxyl groups excluding tert-OH is 5. The summed E-state index contributed by atoms with van der Waals surface area (Å²) in [5, 5.41) is 54.2. The van der Waals surface area contributed by atoms with Crippen LogP contribution in [0.25, 0.3) is 0 Å². The Balaban J connectivity index is 2.24. The molecular formula is C47H89NO8. The lowest BCUT2D eigenvalue weighted by Gasteiger charge is -2.40. The molecule has 1 aliphatic rings. The molecule has 9 nitrogen and oxygen atoms in total. The second-order valence-corrected chi connectivity index (χ2v) is 16.6. The van der Waals surface area contributed by atoms with Crippen molar-refractivity contribution in [2.24, 2.45) is 0 Å². The number of carbonyl (C=O) groups is 1. The van der Waals surface area contributed by atoms with Gasteiger partial charge in [-0.15, -0.1) is 0 Å². The predicted octanol–water partition coefficient (Wildman–Crippen LogP) is 9.89. The lowest BCUT2D eigenvalue weighted by atomic mass is 9.99. The van der Waals surface area contributed by atoms with E-state index < -0.39 is 49.5 Å². The van der Waals surface area contributed by atoms with Crippen LogP contribution >= 0.6 is 0 Å². The van der Waals surface area contributed by atoms with E-state index in [9.17, 15) is 30.3 Å². The number of rotatable bonds is 39. The van der Waals surface area contributed by atoms with E-state index in [1.165, 1.54) is 141 Å². The van der Waals surface area contributed by atoms with Gasteiger partial charge in [-0.1, -0.05) is 186 Å². The number of carbonyl (C=O) groups excluding carboxylic acids is 1. The van der Waals surface area contributed by atoms with E-state index in [-0.39, 0.29) is 12.5 Å². The van der Waals surface area contributed by atoms with Gasteiger partial charge in [-0.25, -0.2) is 0 Å². The predicted molar refractivity (Wildman–Crippen MR) is 230 cm³/mol. The Hall–Kier alpha value is -1.33. The van der Waals surface area contributed by atoms with Gasteiger partial charge in [0.1, 0.15) is 24.4 Å². The standard InChI is InChI=1S/C47H89NO8/c1-3-5-7-9-11-13-15-16-17-18-19-20-21-22-23-24-25-26-27-29-31-33-35-37-43(51)48-40(39-55-47-46(54)45(53)44(52)42(38-49)56-47)41(50)36-34-32-30-28-14-12-10-8-6-4-2/h15-16,18-19,40-42,44-47,49-50,52-54H,3-14,17,20-39H2,1-2H3,(H,48,51)/b16-15-,19-18-. The minimum atomic E-state index is -1.55. The number of hydrogen-bond donors (Lipinski definition) is 6. The van der Waals surface area contributed by atoms with Gasteiger partial charge in [-0.05, 0) is 44.9 Å². The molecule has 0 radical (unpaired) electrons. The summed E-state index contributed by atoms with van der Waals surface area (Å²) in [5.41, 5.74) is 0. The van der Waals surface area contributed by atoms with E-state index in [1.54, 1.807) is 0 Å². The fraction of sp³-hybridized carbons (Fsp3) is 0.894. The number of aliphatic hydroxyl groups is 5. The zero-order valence-corrected chi connectivity index (χ0v) is 36.1. The molecule has 1 aliphatic heterocycles. The average molecular weight is 796 g/mol. The maximum Gasteiger partial charge on any atom is 0.220 e. The molecule has 0 aliphatic carbocycles. The highest BCUT2D eigenvalue weighted by Crippen LogP contribution is 2.23. The molecule has 1 amide bonds. The third-order valence-electron chi connectivity index (χ3n) is 11.3. The summed E-state index contributed by atoms with van der Waals surface area (Å²) < 4.78 is 11.2. The van der Waals surface area contributed by atoms with Gasteiger partial charge in [0.2, 0.25) is 5.91 Å². The van der Waals surface area contributed by atoms with Crippen molar-refractivity contribution in [2.75, 3.05) is 13.2 Å². The third kappa shape index (κ3) is 28.2. The molecule has 0 bridgehead atoms. The maximum absolute atomic E-state index is 13.0. The molecular weight excluding hydrogens is 707 g/mol. The first-order chi connectivity index (χ1) is 27.3. The van der Waals surface area contributed by atoms with Crippen molar-refractivity contribution < 1.29 is 39.8 Å². The zero-order chi connectivity index (χ0) is 40.9. The second-order valence-electron chi connectivity index (χ2n) is 16.6. The van der Waals surface area contributed by atoms with Gasteiger partial charge in [0.25, 0.3) is 0 Å². The van der Waals surface area contributed by atoms with Crippen LogP contribution in [0.3, 0.4) is 0 Å². The van der Waals surface area contributed by atoms with Gasteiger partial charge in [-0.3, -0.25) is 4.79 Å². The molecule has 0 saturated carbocycles. The molecule has 56 heavy (non-hydrogen) atoms. The topological polar surface area (TPSA) is 149 Å². The molecule has 1 fully saturated rings. The Bertz CT molecular complexity index is 930. The van der Waals surface area contributed by atoms with E-state index in [0.29, 0.717) is 12.8 Å². The van der Waals surface area contributed by atoms with E-state index in [2.05, 4.69) is 43.5 Å². The Labute approximate surface area is 343 Å². The summed E-state index contributed by atoms with van der Waals surface area (Å²) in [7, 11) is 0. The Morgan fingerprint density at radius 1 is 0.607 bits per heavy atom. The monoisotopic (exact) mass is 796 g/mol. The lowest BCUT2D eigenvalue weighted by Crippen LogP contribution is -2.60. The Kier molecular flexibility index (Phi) is 35.7. The number of ether oxygens (including phenoxy) is 2. The van der Waals surface area contributed by atoms with Crippen molar-refractivity contribution in [2.45, 2.75) is 256 Å². The van der Waals surface area contributed by atoms with E-state index in [1.807, 2.05) is 0 Å². The first-order valence-corrected chi connectivity index (χ1v) is 23.5. The van der Waals surface area contributed by atoms with Crippen LogP contribution in [0.2, 0.25) is 0 Å². The second kappa shape index (κ2) is 37.9. The normalized spacial score (nSPS) is 21.3. The summed E-state index contributed by atoms with van der Waals surface area (Å²) >= 11 is 0. The van der Waals surface area contributed by atoms with E-state index in [4.69, 9.17) is 9.47 Å². The van der Waals surface area contributed by atoms with Gasteiger partial charge >= 0.3 is 0 Å². The van der Waals surface area contributed by atoms with Gasteiger partial charge in [0, 0.05) is 6.42 Å². The van der Waals surface area contributed by atoms with E-state index in [0.717, 1.165) is 44.9 Å². The number of allylic oxidation sites excluding steroid dienone is 4. The van der Waals surface area contributed by atoms with Crippen molar-refractivity contribution in [1.29, 1.82) is 0 Å². The summed E-state index contributed by atoms with van der Waals surface area (Å²) in [6.45, 7) is 3.80. The molecule has 1 saturated heterocycles. The quantitative estimate of drug-likeness (QED) is 0.0266. The Morgan fingerprint density at radius 3 is 1.54 bits per heavy atom. The van der Waals surface area contributed by atoms with Crippen molar-refractivity contribution in [3.05, 3.63) is 24.3 Å². The van der Waals surface area contributed by atoms with Crippen LogP contribution < -0.4 is 5.32 Å². The molecule has 0 aromatic carbocycles. The highest BCUT2D eigenvalue weighted by Gasteiger charge is 2.44. The minimum absolute atomic E-state index is 0.137. The molecule has 1 rings (SSSR count). The highest BCUT2D eigenvalue weighted by atomic mass is 16.7. The molecule has 0 aromatic heterocycles. The number of amides is 1. The van der Waals surface area contributed by atoms with Crippen LogP contribution in [0.4, 0.5) is 0 Å². The fourth-order valence-electron chi connectivity index (χ4n) is 7.48. The first-order valence-electron chi connectivity index (χ1n) is 23.5. The summed E-state index contributed by atoms with van der Waals surface area (Å²) in [5.74, 6) is -0.148. The molecule has 9 heteroatoms. The summed E-state index contributed by atoms with van der Waals surface area (Å²) in [6.07, 6.45) is 37.6. The third-order valence-corrected chi connectivity index (χ3v) is 11.3. The highest BCUT2D eigenvalue weighted by molar-refractivity contribution is 5.76. The largest absolute Gasteiger partial charge is 0.394 e. The molecule has 6 N–H and O–H groups in total. The SMILES string of the molecule is CCCCCCC/C=C\C/C=C\CCCCCCCCCCCCCC(=O)NC(COC1OC(CO)C(O)C(O)C1O)C(O)CCCCCCCCCCCC. The minimum Gasteiger partial charge on any atom is -0.394 e. The molecule has 0 aromatic rings. The van der Waals surface area contributed by atoms with Gasteiger partial charge in [-0.2, -0.15) is 0 Å². The van der Waals surface area contributed by atoms with Gasteiger partial charge < -0.3 is 40.3 Å². The van der Waals surface area contributed by atoms with Gasteiger partial charge in [0.15, 0.2) is 6.29 Å². The van der Waals surface area contributed by atoms with Crippen molar-refractivity contribution in [3.63, 3.8) is 0 Å². The fourth-order valence-corrected chi connectivity index (χ4v) is 7.48. The molecule has 7 atom stereocenters. The average Bonchev–Trinajstić information content (AvgIpc) is 3.20. The first kappa shape index (κ1) is 52.7. The summed E-state index contributed by atoms with van der Waals surface area (Å²) in [6, 6.07) is -0.716. The zero-order valence-electron chi connectivity index (χ0n) is 36.1. The number of unbranched alkanes of at least 4 members (excludes halogenated alkanes) is 25. The van der Waals surface area contributed by atoms with Crippen LogP contribution in [0.15, 0.2) is 24.3 Å². The van der Waals surface area contributed by atoms with Crippen molar-refractivity contribution in [1.82, 2.24) is 5.32 Å². The number of hydrogen-bond acceptors (Lipinski definition) is 8. The van der Waals surface area contributed by atoms with Crippen LogP contribution in [0, 0.1) is 0 Å². The van der Waals surface area contributed by atoms with Crippen LogP contribution in [-0.2, 0) is 14.3 Å². The van der Waals surface area contributed by atoms with Crippen molar-refractivity contribution in [3.8, 4) is 0 Å². The van der Waals surface area contributed by atoms with Gasteiger partial charge in [0.05, 0.1) is 25.4 Å². The Morgan fingerprint density at radius 2 is 1.05 bits per heavy atom. The van der Waals surface area contributed by atoms with Crippen LogP contribution in [0.5, 0.6) is 0 Å². The van der Waals surface area contributed by atoms with Crippen molar-refractivity contribution >= 4 is 5.91 Å².